The van der Waals surface area contributed by atoms with Crippen LogP contribution in [0.15, 0.2) is 71.0 Å². The van der Waals surface area contributed by atoms with Crippen molar-refractivity contribution in [2.45, 2.75) is 13.0 Å². The smallest absolute Gasteiger partial charge is 0.300 e. The van der Waals surface area contributed by atoms with Gasteiger partial charge < -0.3 is 9.84 Å². The summed E-state index contributed by atoms with van der Waals surface area (Å²) in [4.78, 5) is 31.9. The molecular formula is C24H18BrClN2O4. The first-order chi connectivity index (χ1) is 15.3. The van der Waals surface area contributed by atoms with Gasteiger partial charge in [0, 0.05) is 28.7 Å². The maximum absolute atomic E-state index is 13.2. The second kappa shape index (κ2) is 8.76. The molecule has 6 nitrogen and oxygen atoms in total. The summed E-state index contributed by atoms with van der Waals surface area (Å²) in [5, 5.41) is 11.7. The molecule has 2 aromatic carbocycles. The molecule has 32 heavy (non-hydrogen) atoms. The Bertz CT molecular complexity index is 1260. The average Bonchev–Trinajstić information content (AvgIpc) is 3.06. The van der Waals surface area contributed by atoms with E-state index in [4.69, 9.17) is 16.3 Å². The number of amides is 1. The summed E-state index contributed by atoms with van der Waals surface area (Å²) in [6, 6.07) is 12.7. The molecule has 162 valence electrons. The molecule has 4 rings (SSSR count). The van der Waals surface area contributed by atoms with Crippen LogP contribution >= 0.6 is 27.5 Å². The van der Waals surface area contributed by atoms with Gasteiger partial charge in [-0.15, -0.1) is 0 Å². The summed E-state index contributed by atoms with van der Waals surface area (Å²) in [5.74, 6) is -1.26. The monoisotopic (exact) mass is 512 g/mol. The minimum absolute atomic E-state index is 0.0283. The van der Waals surface area contributed by atoms with Gasteiger partial charge in [-0.2, -0.15) is 0 Å². The maximum atomic E-state index is 13.2. The summed E-state index contributed by atoms with van der Waals surface area (Å²) in [6.07, 6.45) is 3.17. The SMILES string of the molecule is COc1ccc(/C(O)=C2\C(=O)C(=O)N(c3cccc(Cl)c3C)C2c2cccnc2)cc1Br. The fourth-order valence-electron chi connectivity index (χ4n) is 3.76. The molecule has 1 aliphatic rings. The van der Waals surface area contributed by atoms with Crippen LogP contribution in [0.1, 0.15) is 22.7 Å². The predicted molar refractivity (Wildman–Crippen MR) is 126 cm³/mol. The number of rotatable bonds is 4. The van der Waals surface area contributed by atoms with Crippen LogP contribution in [0.3, 0.4) is 0 Å². The lowest BCUT2D eigenvalue weighted by molar-refractivity contribution is -0.132. The molecule has 1 atom stereocenters. The Morgan fingerprint density at radius 1 is 1.19 bits per heavy atom. The Morgan fingerprint density at radius 2 is 1.97 bits per heavy atom. The van der Waals surface area contributed by atoms with Crippen LogP contribution < -0.4 is 9.64 Å². The largest absolute Gasteiger partial charge is 0.507 e. The molecule has 8 heteroatoms. The zero-order chi connectivity index (χ0) is 23.0. The van der Waals surface area contributed by atoms with Gasteiger partial charge in [-0.05, 0) is 70.4 Å². The van der Waals surface area contributed by atoms with Crippen molar-refractivity contribution >= 4 is 50.7 Å². The average molecular weight is 514 g/mol. The third kappa shape index (κ3) is 3.67. The zero-order valence-corrected chi connectivity index (χ0v) is 19.5. The number of pyridine rings is 1. The van der Waals surface area contributed by atoms with E-state index >= 15 is 0 Å². The highest BCUT2D eigenvalue weighted by Crippen LogP contribution is 2.44. The van der Waals surface area contributed by atoms with E-state index < -0.39 is 17.7 Å². The van der Waals surface area contributed by atoms with Gasteiger partial charge in [-0.3, -0.25) is 19.5 Å². The summed E-state index contributed by atoms with van der Waals surface area (Å²) in [7, 11) is 1.53. The number of ether oxygens (including phenoxy) is 1. The number of hydrogen-bond acceptors (Lipinski definition) is 5. The number of benzene rings is 2. The minimum atomic E-state index is -0.873. The van der Waals surface area contributed by atoms with Crippen LogP contribution in [0, 0.1) is 6.92 Å². The molecule has 0 radical (unpaired) electrons. The van der Waals surface area contributed by atoms with Crippen molar-refractivity contribution < 1.29 is 19.4 Å². The molecule has 3 aromatic rings. The normalized spacial score (nSPS) is 17.6. The topological polar surface area (TPSA) is 79.7 Å². The third-order valence-electron chi connectivity index (χ3n) is 5.37. The number of carbonyl (C=O) groups excluding carboxylic acids is 2. The Hall–Kier alpha value is -3.16. The van der Waals surface area contributed by atoms with Crippen molar-refractivity contribution in [3.8, 4) is 5.75 Å². The Morgan fingerprint density at radius 3 is 2.62 bits per heavy atom. The van der Waals surface area contributed by atoms with E-state index in [9.17, 15) is 14.7 Å². The molecule has 1 aromatic heterocycles. The minimum Gasteiger partial charge on any atom is -0.507 e. The number of Topliss-reactive ketones (excluding diaryl/α,β-unsaturated/α-hetero) is 1. The van der Waals surface area contributed by atoms with Crippen LogP contribution in [0.2, 0.25) is 5.02 Å². The number of aliphatic hydroxyl groups is 1. The number of carbonyl (C=O) groups is 2. The lowest BCUT2D eigenvalue weighted by atomic mass is 9.96. The molecule has 1 unspecified atom stereocenters. The summed E-state index contributed by atoms with van der Waals surface area (Å²) < 4.78 is 5.84. The van der Waals surface area contributed by atoms with Gasteiger partial charge in [0.05, 0.1) is 23.2 Å². The van der Waals surface area contributed by atoms with E-state index in [1.54, 1.807) is 67.8 Å². The van der Waals surface area contributed by atoms with E-state index in [2.05, 4.69) is 20.9 Å². The molecule has 1 N–H and O–H groups in total. The molecule has 0 spiro atoms. The first kappa shape index (κ1) is 22.0. The molecular weight excluding hydrogens is 496 g/mol. The van der Waals surface area contributed by atoms with E-state index in [0.29, 0.717) is 37.6 Å². The van der Waals surface area contributed by atoms with Gasteiger partial charge in [-0.25, -0.2) is 0 Å². The molecule has 1 saturated heterocycles. The fourth-order valence-corrected chi connectivity index (χ4v) is 4.47. The van der Waals surface area contributed by atoms with Gasteiger partial charge >= 0.3 is 0 Å². The van der Waals surface area contributed by atoms with E-state index in [1.165, 1.54) is 12.0 Å². The molecule has 0 aliphatic carbocycles. The Balaban J connectivity index is 1.96. The first-order valence-corrected chi connectivity index (χ1v) is 10.8. The maximum Gasteiger partial charge on any atom is 0.300 e. The highest BCUT2D eigenvalue weighted by Gasteiger charge is 2.47. The van der Waals surface area contributed by atoms with Crippen molar-refractivity contribution in [3.63, 3.8) is 0 Å². The molecule has 0 bridgehead atoms. The number of hydrogen-bond donors (Lipinski definition) is 1. The van der Waals surface area contributed by atoms with Crippen molar-refractivity contribution in [1.29, 1.82) is 0 Å². The van der Waals surface area contributed by atoms with Gasteiger partial charge in [0.2, 0.25) is 0 Å². The van der Waals surface area contributed by atoms with Crippen LogP contribution in [0.4, 0.5) is 5.69 Å². The highest BCUT2D eigenvalue weighted by atomic mass is 79.9. The number of halogens is 2. The fraction of sp³-hybridized carbons (Fsp3) is 0.125. The summed E-state index contributed by atoms with van der Waals surface area (Å²) in [6.45, 7) is 1.78. The first-order valence-electron chi connectivity index (χ1n) is 9.65. The van der Waals surface area contributed by atoms with E-state index in [-0.39, 0.29) is 11.3 Å². The van der Waals surface area contributed by atoms with E-state index in [0.717, 1.165) is 0 Å². The number of aromatic nitrogens is 1. The third-order valence-corrected chi connectivity index (χ3v) is 6.40. The van der Waals surface area contributed by atoms with Crippen molar-refractivity contribution in [1.82, 2.24) is 4.98 Å². The standard InChI is InChI=1S/C24H18BrClN2O4/c1-13-17(26)6-3-7-18(13)28-21(15-5-4-10-27-12-15)20(23(30)24(28)31)22(29)14-8-9-19(32-2)16(25)11-14/h3-12,21,29H,1-2H3/b22-20+. The number of anilines is 1. The second-order valence-corrected chi connectivity index (χ2v) is 8.45. The van der Waals surface area contributed by atoms with Gasteiger partial charge in [0.25, 0.3) is 11.7 Å². The van der Waals surface area contributed by atoms with Gasteiger partial charge in [0.1, 0.15) is 11.5 Å². The van der Waals surface area contributed by atoms with Gasteiger partial charge in [0.15, 0.2) is 0 Å². The number of nitrogens with zero attached hydrogens (tertiary/aromatic N) is 2. The summed E-state index contributed by atoms with van der Waals surface area (Å²) >= 11 is 9.69. The van der Waals surface area contributed by atoms with Crippen LogP contribution in [-0.2, 0) is 9.59 Å². The lowest BCUT2D eigenvalue weighted by Gasteiger charge is -2.26. The molecule has 1 amide bonds. The van der Waals surface area contributed by atoms with Crippen LogP contribution in [-0.4, -0.2) is 28.9 Å². The zero-order valence-electron chi connectivity index (χ0n) is 17.2. The van der Waals surface area contributed by atoms with Crippen molar-refractivity contribution in [3.05, 3.63) is 92.7 Å². The highest BCUT2D eigenvalue weighted by molar-refractivity contribution is 9.10. The van der Waals surface area contributed by atoms with Crippen LogP contribution in [0.5, 0.6) is 5.75 Å². The summed E-state index contributed by atoms with van der Waals surface area (Å²) in [5.41, 5.74) is 2.06. The van der Waals surface area contributed by atoms with E-state index in [1.807, 2.05) is 0 Å². The van der Waals surface area contributed by atoms with Crippen molar-refractivity contribution in [2.75, 3.05) is 12.0 Å². The molecule has 1 fully saturated rings. The number of aliphatic hydroxyl groups excluding tert-OH is 1. The number of ketones is 1. The van der Waals surface area contributed by atoms with Crippen LogP contribution in [0.25, 0.3) is 5.76 Å². The predicted octanol–water partition coefficient (Wildman–Crippen LogP) is 5.44. The Kier molecular flexibility index (Phi) is 6.04. The molecule has 2 heterocycles. The quantitative estimate of drug-likeness (QED) is 0.285. The second-order valence-electron chi connectivity index (χ2n) is 7.19. The lowest BCUT2D eigenvalue weighted by Crippen LogP contribution is -2.30. The molecule has 1 aliphatic heterocycles. The molecule has 0 saturated carbocycles. The number of methoxy groups -OCH3 is 1. The van der Waals surface area contributed by atoms with Crippen molar-refractivity contribution in [2.24, 2.45) is 0 Å². The Labute approximate surface area is 198 Å². The van der Waals surface area contributed by atoms with Gasteiger partial charge in [-0.1, -0.05) is 23.7 Å².